The Morgan fingerprint density at radius 1 is 1.18 bits per heavy atom. The molecule has 11 heteroatoms. The number of nitrogens with two attached hydrogens (primary N) is 1. The third-order valence-electron chi connectivity index (χ3n) is 7.06. The van der Waals surface area contributed by atoms with Crippen LogP contribution in [0.25, 0.3) is 22.3 Å². The predicted molar refractivity (Wildman–Crippen MR) is 150 cm³/mol. The molecule has 3 heterocycles. The second-order valence-electron chi connectivity index (χ2n) is 9.83. The van der Waals surface area contributed by atoms with Gasteiger partial charge in [0.2, 0.25) is 15.9 Å². The molecule has 10 nitrogen and oxygen atoms in total. The minimum atomic E-state index is -3.66. The number of likely N-dealkylation sites (tertiary alicyclic amines) is 1. The molecule has 0 unspecified atom stereocenters. The maximum Gasteiger partial charge on any atom is 0.246 e. The molecule has 1 amide bonds. The largest absolute Gasteiger partial charge is 0.383 e. The number of piperidine rings is 1. The average Bonchev–Trinajstić information content (AvgIpc) is 3.33. The number of sulfonamides is 1. The van der Waals surface area contributed by atoms with Crippen LogP contribution in [-0.4, -0.2) is 52.1 Å². The Morgan fingerprint density at radius 2 is 1.95 bits per heavy atom. The molecular formula is C28H31N7O3S. The lowest BCUT2D eigenvalue weighted by Gasteiger charge is -2.32. The number of hydrogen-bond donors (Lipinski definition) is 2. The van der Waals surface area contributed by atoms with Gasteiger partial charge in [0, 0.05) is 25.2 Å². The number of nitrogens with zero attached hydrogens (tertiary/aromatic N) is 5. The van der Waals surface area contributed by atoms with E-state index in [9.17, 15) is 13.2 Å². The minimum absolute atomic E-state index is 0.0629. The third kappa shape index (κ3) is 5.27. The highest BCUT2D eigenvalue weighted by Crippen LogP contribution is 2.34. The fourth-order valence-corrected chi connectivity index (χ4v) is 6.32. The molecule has 1 aliphatic heterocycles. The first-order valence-electron chi connectivity index (χ1n) is 12.7. The van der Waals surface area contributed by atoms with Crippen molar-refractivity contribution >= 4 is 32.8 Å². The van der Waals surface area contributed by atoms with E-state index in [-0.39, 0.29) is 23.4 Å². The van der Waals surface area contributed by atoms with Crippen LogP contribution in [0.1, 0.15) is 35.6 Å². The van der Waals surface area contributed by atoms with Crippen LogP contribution >= 0.6 is 0 Å². The summed E-state index contributed by atoms with van der Waals surface area (Å²) < 4.78 is 30.3. The van der Waals surface area contributed by atoms with Crippen LogP contribution < -0.4 is 10.5 Å². The molecule has 1 aliphatic rings. The lowest BCUT2D eigenvalue weighted by atomic mass is 10.1. The number of carbonyl (C=O) groups is 1. The molecule has 1 atom stereocenters. The SMILES string of the molecule is C=CC(=O)N1CCC[C@@H](n2nc(-c3ccc(CNS(=O)(=O)c4ccc(C)cc4C)cc3)c3c(N)ncnc32)C1. The normalized spacial score (nSPS) is 15.9. The smallest absolute Gasteiger partial charge is 0.246 e. The highest BCUT2D eigenvalue weighted by molar-refractivity contribution is 7.89. The van der Waals surface area contributed by atoms with Crippen LogP contribution in [0.5, 0.6) is 0 Å². The van der Waals surface area contributed by atoms with Crippen LogP contribution in [0, 0.1) is 13.8 Å². The number of nitrogens with one attached hydrogen (secondary N) is 1. The molecule has 0 bridgehead atoms. The number of aryl methyl sites for hydroxylation is 2. The quantitative estimate of drug-likeness (QED) is 0.339. The lowest BCUT2D eigenvalue weighted by molar-refractivity contribution is -0.127. The summed E-state index contributed by atoms with van der Waals surface area (Å²) in [7, 11) is -3.66. The van der Waals surface area contributed by atoms with Crippen molar-refractivity contribution in [1.82, 2.24) is 29.4 Å². The van der Waals surface area contributed by atoms with Crippen LogP contribution in [0.4, 0.5) is 5.82 Å². The molecule has 2 aromatic carbocycles. The Hall–Kier alpha value is -4.09. The van der Waals surface area contributed by atoms with Gasteiger partial charge in [-0.3, -0.25) is 4.79 Å². The van der Waals surface area contributed by atoms with E-state index in [4.69, 9.17) is 10.8 Å². The number of anilines is 1. The Kier molecular flexibility index (Phi) is 7.19. The molecule has 0 spiro atoms. The zero-order valence-electron chi connectivity index (χ0n) is 22.0. The molecule has 4 aromatic rings. The van der Waals surface area contributed by atoms with Crippen molar-refractivity contribution in [2.24, 2.45) is 0 Å². The third-order valence-corrected chi connectivity index (χ3v) is 8.62. The second kappa shape index (κ2) is 10.6. The number of benzene rings is 2. The molecular weight excluding hydrogens is 514 g/mol. The van der Waals surface area contributed by atoms with Gasteiger partial charge in [0.1, 0.15) is 17.8 Å². The van der Waals surface area contributed by atoms with Gasteiger partial charge in [0.15, 0.2) is 5.65 Å². The summed E-state index contributed by atoms with van der Waals surface area (Å²) in [5.74, 6) is 0.218. The van der Waals surface area contributed by atoms with Crippen molar-refractivity contribution in [2.45, 2.75) is 44.2 Å². The van der Waals surface area contributed by atoms with E-state index in [1.165, 1.54) is 12.4 Å². The number of hydrogen-bond acceptors (Lipinski definition) is 7. The first kappa shape index (κ1) is 26.5. The fraction of sp³-hybridized carbons (Fsp3) is 0.286. The van der Waals surface area contributed by atoms with Gasteiger partial charge >= 0.3 is 0 Å². The Bertz CT molecular complexity index is 1660. The van der Waals surface area contributed by atoms with Crippen molar-refractivity contribution in [3.05, 3.63) is 78.1 Å². The van der Waals surface area contributed by atoms with E-state index >= 15 is 0 Å². The summed E-state index contributed by atoms with van der Waals surface area (Å²) in [5, 5.41) is 5.54. The summed E-state index contributed by atoms with van der Waals surface area (Å²) in [5.41, 5.74) is 10.8. The van der Waals surface area contributed by atoms with Crippen LogP contribution in [0.15, 0.2) is 66.3 Å². The van der Waals surface area contributed by atoms with E-state index in [2.05, 4.69) is 21.3 Å². The lowest BCUT2D eigenvalue weighted by Crippen LogP contribution is -2.40. The molecule has 202 valence electrons. The minimum Gasteiger partial charge on any atom is -0.383 e. The van der Waals surface area contributed by atoms with Crippen molar-refractivity contribution < 1.29 is 13.2 Å². The van der Waals surface area contributed by atoms with Gasteiger partial charge in [-0.05, 0) is 50.0 Å². The first-order valence-corrected chi connectivity index (χ1v) is 14.2. The van der Waals surface area contributed by atoms with Gasteiger partial charge < -0.3 is 10.6 Å². The molecule has 0 saturated carbocycles. The molecule has 1 fully saturated rings. The summed E-state index contributed by atoms with van der Waals surface area (Å²) in [6.07, 6.45) is 4.44. The van der Waals surface area contributed by atoms with Gasteiger partial charge in [-0.25, -0.2) is 27.8 Å². The topological polar surface area (TPSA) is 136 Å². The highest BCUT2D eigenvalue weighted by atomic mass is 32.2. The van der Waals surface area contributed by atoms with Gasteiger partial charge in [-0.1, -0.05) is 48.5 Å². The molecule has 0 radical (unpaired) electrons. The standard InChI is InChI=1S/C28H31N7O3S/c1-4-24(36)34-13-5-6-22(16-34)35-28-25(27(29)30-17-31-28)26(33-35)21-10-8-20(9-11-21)15-32-39(37,38)23-12-7-18(2)14-19(23)3/h4,7-12,14,17,22,32H,1,5-6,13,15-16H2,2-3H3,(H2,29,30,31)/t22-/m1/s1. The van der Waals surface area contributed by atoms with Crippen molar-refractivity contribution in [3.8, 4) is 11.3 Å². The maximum absolute atomic E-state index is 12.9. The van der Waals surface area contributed by atoms with E-state index in [0.717, 1.165) is 29.5 Å². The number of amides is 1. The van der Waals surface area contributed by atoms with Gasteiger partial charge in [-0.2, -0.15) is 5.10 Å². The summed E-state index contributed by atoms with van der Waals surface area (Å²) in [6.45, 7) is 8.65. The highest BCUT2D eigenvalue weighted by Gasteiger charge is 2.28. The van der Waals surface area contributed by atoms with E-state index in [0.29, 0.717) is 41.2 Å². The summed E-state index contributed by atoms with van der Waals surface area (Å²) in [4.78, 5) is 22.9. The first-order chi connectivity index (χ1) is 18.7. The Morgan fingerprint density at radius 3 is 2.67 bits per heavy atom. The van der Waals surface area contributed by atoms with E-state index < -0.39 is 10.0 Å². The zero-order valence-corrected chi connectivity index (χ0v) is 22.8. The van der Waals surface area contributed by atoms with E-state index in [1.807, 2.05) is 41.9 Å². The average molecular weight is 546 g/mol. The monoisotopic (exact) mass is 545 g/mol. The van der Waals surface area contributed by atoms with Crippen LogP contribution in [0.3, 0.4) is 0 Å². The van der Waals surface area contributed by atoms with Gasteiger partial charge in [0.25, 0.3) is 0 Å². The predicted octanol–water partition coefficient (Wildman–Crippen LogP) is 3.52. The van der Waals surface area contributed by atoms with Crippen molar-refractivity contribution in [1.29, 1.82) is 0 Å². The Balaban J connectivity index is 1.41. The molecule has 3 N–H and O–H groups in total. The van der Waals surface area contributed by atoms with Crippen LogP contribution in [-0.2, 0) is 21.4 Å². The van der Waals surface area contributed by atoms with Crippen molar-refractivity contribution in [3.63, 3.8) is 0 Å². The molecule has 2 aromatic heterocycles. The zero-order chi connectivity index (χ0) is 27.7. The fourth-order valence-electron chi connectivity index (χ4n) is 5.07. The van der Waals surface area contributed by atoms with Gasteiger partial charge in [-0.15, -0.1) is 0 Å². The summed E-state index contributed by atoms with van der Waals surface area (Å²) >= 11 is 0. The molecule has 39 heavy (non-hydrogen) atoms. The van der Waals surface area contributed by atoms with Crippen LogP contribution in [0.2, 0.25) is 0 Å². The maximum atomic E-state index is 12.9. The number of rotatable bonds is 7. The number of fused-ring (bicyclic) bond motifs is 1. The van der Waals surface area contributed by atoms with E-state index in [1.54, 1.807) is 24.0 Å². The Labute approximate surface area is 227 Å². The van der Waals surface area contributed by atoms with Crippen molar-refractivity contribution in [2.75, 3.05) is 18.8 Å². The molecule has 5 rings (SSSR count). The number of nitrogen functional groups attached to an aromatic ring is 1. The number of aromatic nitrogens is 4. The second-order valence-corrected chi connectivity index (χ2v) is 11.6. The summed E-state index contributed by atoms with van der Waals surface area (Å²) in [6, 6.07) is 12.7. The van der Waals surface area contributed by atoms with Gasteiger partial charge in [0.05, 0.1) is 16.3 Å². The molecule has 1 saturated heterocycles. The molecule has 0 aliphatic carbocycles. The number of carbonyl (C=O) groups excluding carboxylic acids is 1.